The average molecular weight is 293 g/mol. The molecule has 0 atom stereocenters. The van der Waals surface area contributed by atoms with Crippen LogP contribution in [0.3, 0.4) is 0 Å². The van der Waals surface area contributed by atoms with E-state index in [0.717, 1.165) is 31.2 Å². The van der Waals surface area contributed by atoms with Crippen LogP contribution in [0.5, 0.6) is 0 Å². The van der Waals surface area contributed by atoms with E-state index in [2.05, 4.69) is 5.32 Å². The Labute approximate surface area is 135 Å². The van der Waals surface area contributed by atoms with E-state index in [0.29, 0.717) is 0 Å². The minimum absolute atomic E-state index is 0. The first kappa shape index (κ1) is 18.5. The van der Waals surface area contributed by atoms with E-state index >= 15 is 0 Å². The average Bonchev–Trinajstić information content (AvgIpc) is 2.28. The molecule has 0 aliphatic carbocycles. The van der Waals surface area contributed by atoms with Crippen molar-refractivity contribution in [1.82, 2.24) is 0 Å². The Bertz CT molecular complexity index is 556. The molecule has 20 heavy (non-hydrogen) atoms. The van der Waals surface area contributed by atoms with Crippen LogP contribution < -0.4 is 5.32 Å². The van der Waals surface area contributed by atoms with Crippen LogP contribution in [0.4, 0.5) is 18.9 Å². The number of benzene rings is 1. The first-order chi connectivity index (χ1) is 8.75. The smallest absolute Gasteiger partial charge is 0.416 e. The number of amides is 1. The van der Waals surface area contributed by atoms with Gasteiger partial charge in [-0.25, -0.2) is 0 Å². The molecule has 1 aromatic carbocycles. The molecule has 0 aromatic heterocycles. The van der Waals surface area contributed by atoms with Gasteiger partial charge in [-0.3, -0.25) is 4.79 Å². The number of halogens is 3. The van der Waals surface area contributed by atoms with Crippen LogP contribution in [0.25, 0.3) is 0 Å². The molecule has 4 nitrogen and oxygen atoms in total. The molecule has 0 spiro atoms. The Balaban J connectivity index is 0.00000361. The largest absolute Gasteiger partial charge is 0.511 e. The summed E-state index contributed by atoms with van der Waals surface area (Å²) in [7, 11) is 0. The Kier molecular flexibility index (Phi) is 6.79. The summed E-state index contributed by atoms with van der Waals surface area (Å²) in [6.07, 6.45) is -4.46. The van der Waals surface area contributed by atoms with Crippen molar-refractivity contribution in [1.29, 1.82) is 5.26 Å². The first-order valence-corrected chi connectivity index (χ1v) is 5.04. The molecule has 2 N–H and O–H groups in total. The van der Waals surface area contributed by atoms with Crippen molar-refractivity contribution < 1.29 is 23.1 Å². The van der Waals surface area contributed by atoms with Crippen LogP contribution in [0.15, 0.2) is 35.6 Å². The number of anilines is 1. The minimum Gasteiger partial charge on any atom is -0.511 e. The van der Waals surface area contributed by atoms with Gasteiger partial charge in [-0.1, -0.05) is 0 Å². The van der Waals surface area contributed by atoms with Gasteiger partial charge < -0.3 is 10.4 Å². The number of hydrogen-bond donors (Lipinski definition) is 2. The maximum Gasteiger partial charge on any atom is 0.416 e. The number of nitrogens with one attached hydrogen (secondary N) is 1. The Hall–Kier alpha value is -1.49. The topological polar surface area (TPSA) is 73.1 Å². The fourth-order valence-corrected chi connectivity index (χ4v) is 1.23. The quantitative estimate of drug-likeness (QED) is 0.381. The maximum absolute atomic E-state index is 12.3. The summed E-state index contributed by atoms with van der Waals surface area (Å²) in [5.41, 5.74) is -1.26. The molecule has 1 aromatic rings. The van der Waals surface area contributed by atoms with Crippen LogP contribution in [0.2, 0.25) is 0 Å². The van der Waals surface area contributed by atoms with E-state index in [-0.39, 0.29) is 35.2 Å². The maximum atomic E-state index is 12.3. The van der Waals surface area contributed by atoms with Crippen molar-refractivity contribution in [2.75, 3.05) is 5.32 Å². The first-order valence-electron chi connectivity index (χ1n) is 5.04. The second-order valence-electron chi connectivity index (χ2n) is 3.60. The molecule has 0 saturated heterocycles. The molecule has 0 heterocycles. The number of alkyl halides is 3. The number of rotatable bonds is 2. The molecular formula is C12H9F3N2NaO2. The third-order valence-corrected chi connectivity index (χ3v) is 2.17. The predicted molar refractivity (Wildman–Crippen MR) is 66.8 cm³/mol. The zero-order valence-electron chi connectivity index (χ0n) is 10.7. The van der Waals surface area contributed by atoms with Gasteiger partial charge in [-0.2, -0.15) is 18.4 Å². The molecule has 0 unspecified atom stereocenters. The van der Waals surface area contributed by atoms with E-state index in [9.17, 15) is 18.0 Å². The van der Waals surface area contributed by atoms with Gasteiger partial charge in [0.1, 0.15) is 11.8 Å². The van der Waals surface area contributed by atoms with E-state index in [1.807, 2.05) is 0 Å². The van der Waals surface area contributed by atoms with E-state index in [1.165, 1.54) is 6.07 Å². The van der Waals surface area contributed by atoms with E-state index in [4.69, 9.17) is 10.4 Å². The molecule has 1 radical (unpaired) electrons. The molecule has 0 fully saturated rings. The van der Waals surface area contributed by atoms with Gasteiger partial charge in [-0.05, 0) is 31.2 Å². The molecule has 101 valence electrons. The summed E-state index contributed by atoms with van der Waals surface area (Å²) in [5.74, 6) is -1.35. The number of carbonyl (C=O) groups excluding carboxylic acids is 1. The summed E-state index contributed by atoms with van der Waals surface area (Å²) in [5, 5.41) is 19.9. The van der Waals surface area contributed by atoms with Crippen molar-refractivity contribution in [3.05, 3.63) is 41.2 Å². The van der Waals surface area contributed by atoms with Crippen molar-refractivity contribution in [3.63, 3.8) is 0 Å². The van der Waals surface area contributed by atoms with Gasteiger partial charge >= 0.3 is 6.18 Å². The number of aliphatic hydroxyl groups is 1. The molecule has 0 bridgehead atoms. The van der Waals surface area contributed by atoms with Crippen molar-refractivity contribution >= 4 is 41.2 Å². The number of aliphatic hydroxyl groups excluding tert-OH is 1. The van der Waals surface area contributed by atoms with Crippen molar-refractivity contribution in [3.8, 4) is 6.07 Å². The zero-order chi connectivity index (χ0) is 14.6. The number of carbonyl (C=O) groups is 1. The summed E-state index contributed by atoms with van der Waals surface area (Å²) in [6, 6.07) is 5.22. The standard InChI is InChI=1S/C12H9F3N2O2.Na/c1-7(18)10(6-16)11(19)17-9-4-2-8(3-5-9)12(13,14)15;/h2-5,18H,1H3,(H,17,19);/b10-7-;. The number of nitrogens with zero attached hydrogens (tertiary/aromatic N) is 1. The third-order valence-electron chi connectivity index (χ3n) is 2.17. The minimum atomic E-state index is -4.46. The van der Waals surface area contributed by atoms with Gasteiger partial charge in [0, 0.05) is 35.2 Å². The van der Waals surface area contributed by atoms with Gasteiger partial charge in [0.2, 0.25) is 0 Å². The van der Waals surface area contributed by atoms with Gasteiger partial charge in [-0.15, -0.1) is 0 Å². The van der Waals surface area contributed by atoms with Crippen LogP contribution in [0.1, 0.15) is 12.5 Å². The summed E-state index contributed by atoms with van der Waals surface area (Å²) in [6.45, 7) is 1.16. The molecule has 0 aliphatic heterocycles. The fourth-order valence-electron chi connectivity index (χ4n) is 1.23. The van der Waals surface area contributed by atoms with E-state index in [1.54, 1.807) is 0 Å². The molecule has 0 saturated carbocycles. The van der Waals surface area contributed by atoms with Crippen LogP contribution in [-0.4, -0.2) is 40.6 Å². The molecular weight excluding hydrogens is 284 g/mol. The number of nitriles is 1. The molecule has 0 aliphatic rings. The van der Waals surface area contributed by atoms with E-state index < -0.39 is 29.0 Å². The summed E-state index contributed by atoms with van der Waals surface area (Å²) >= 11 is 0. The third kappa shape index (κ3) is 4.89. The number of allylic oxidation sites excluding steroid dienone is 1. The Morgan fingerprint density at radius 3 is 2.15 bits per heavy atom. The normalized spacial score (nSPS) is 11.8. The summed E-state index contributed by atoms with van der Waals surface area (Å²) < 4.78 is 36.9. The molecule has 8 heteroatoms. The monoisotopic (exact) mass is 293 g/mol. The summed E-state index contributed by atoms with van der Waals surface area (Å²) in [4.78, 5) is 11.5. The van der Waals surface area contributed by atoms with Crippen LogP contribution in [-0.2, 0) is 11.0 Å². The van der Waals surface area contributed by atoms with Gasteiger partial charge in [0.25, 0.3) is 5.91 Å². The van der Waals surface area contributed by atoms with Gasteiger partial charge in [0.05, 0.1) is 5.56 Å². The van der Waals surface area contributed by atoms with Crippen LogP contribution >= 0.6 is 0 Å². The molecule has 1 rings (SSSR count). The van der Waals surface area contributed by atoms with Crippen molar-refractivity contribution in [2.24, 2.45) is 0 Å². The second-order valence-corrected chi connectivity index (χ2v) is 3.60. The van der Waals surface area contributed by atoms with Crippen molar-refractivity contribution in [2.45, 2.75) is 13.1 Å². The second kappa shape index (κ2) is 7.33. The Morgan fingerprint density at radius 2 is 1.80 bits per heavy atom. The fraction of sp³-hybridized carbons (Fsp3) is 0.167. The van der Waals surface area contributed by atoms with Crippen LogP contribution in [0, 0.1) is 11.3 Å². The SMILES string of the molecule is C/C(O)=C(\C#N)C(=O)Nc1ccc(C(F)(F)F)cc1.[Na]. The predicted octanol–water partition coefficient (Wildman–Crippen LogP) is 2.62. The Morgan fingerprint density at radius 1 is 1.30 bits per heavy atom. The van der Waals surface area contributed by atoms with Gasteiger partial charge in [0.15, 0.2) is 5.57 Å². The zero-order valence-corrected chi connectivity index (χ0v) is 12.7. The number of hydrogen-bond acceptors (Lipinski definition) is 3. The molecule has 1 amide bonds.